The third kappa shape index (κ3) is 53.0. The molecule has 3 unspecified atom stereocenters. The van der Waals surface area contributed by atoms with Gasteiger partial charge in [-0.25, -0.2) is 4.57 Å². The number of nitrogens with one attached hydrogen (secondary N) is 1. The molecule has 0 rings (SSSR count). The largest absolute Gasteiger partial charge is 0.472 e. The van der Waals surface area contributed by atoms with Crippen LogP contribution in [0, 0.1) is 0 Å². The van der Waals surface area contributed by atoms with Gasteiger partial charge in [0.25, 0.3) is 0 Å². The lowest BCUT2D eigenvalue weighted by atomic mass is 10.1. The maximum atomic E-state index is 13.5. The van der Waals surface area contributed by atoms with Crippen molar-refractivity contribution >= 4 is 19.7 Å². The van der Waals surface area contributed by atoms with Gasteiger partial charge in [0.15, 0.2) is 0 Å². The Kier molecular flexibility index (Phi) is 49.8. The summed E-state index contributed by atoms with van der Waals surface area (Å²) in [5.41, 5.74) is 0. The fraction of sp³-hybridized carbons (Fsp3) is 0.625. The van der Waals surface area contributed by atoms with E-state index < -0.39 is 20.0 Å². The molecule has 1 amide bonds. The number of hydrogen-bond acceptors (Lipinski definition) is 6. The van der Waals surface area contributed by atoms with Gasteiger partial charge in [-0.1, -0.05) is 232 Å². The van der Waals surface area contributed by atoms with Crippen LogP contribution in [0.5, 0.6) is 0 Å². The van der Waals surface area contributed by atoms with E-state index in [0.29, 0.717) is 23.9 Å². The minimum Gasteiger partial charge on any atom is -0.456 e. The van der Waals surface area contributed by atoms with Crippen molar-refractivity contribution in [3.05, 3.63) is 134 Å². The van der Waals surface area contributed by atoms with Crippen LogP contribution in [0.25, 0.3) is 0 Å². The molecule has 0 bridgehead atoms. The number of carbonyl (C=O) groups is 2. The van der Waals surface area contributed by atoms with E-state index in [1.54, 1.807) is 0 Å². The van der Waals surface area contributed by atoms with E-state index in [0.717, 1.165) is 83.5 Å². The van der Waals surface area contributed by atoms with Crippen LogP contribution >= 0.6 is 7.82 Å². The molecule has 0 spiro atoms. The molecule has 0 heterocycles. The second-order valence-corrected chi connectivity index (χ2v) is 21.7. The number of nitrogens with zero attached hydrogens (tertiary/aromatic N) is 1. The number of unbranched alkanes of at least 4 members (excludes halogenated alkanes) is 19. The molecule has 0 saturated carbocycles. The molecule has 3 atom stereocenters. The van der Waals surface area contributed by atoms with Gasteiger partial charge in [0.05, 0.1) is 33.8 Å². The molecule has 0 aromatic heterocycles. The molecule has 2 N–H and O–H groups in total. The fourth-order valence-corrected chi connectivity index (χ4v) is 8.22. The highest BCUT2D eigenvalue weighted by molar-refractivity contribution is 7.47. The smallest absolute Gasteiger partial charge is 0.456 e. The number of amides is 1. The first-order valence-corrected chi connectivity index (χ1v) is 30.6. The van der Waals surface area contributed by atoms with Crippen LogP contribution in [0.2, 0.25) is 0 Å². The maximum absolute atomic E-state index is 13.5. The van der Waals surface area contributed by atoms with Crippen LogP contribution in [0.3, 0.4) is 0 Å². The summed E-state index contributed by atoms with van der Waals surface area (Å²) in [6.07, 6.45) is 74.5. The van der Waals surface area contributed by atoms with Crippen molar-refractivity contribution in [1.29, 1.82) is 0 Å². The van der Waals surface area contributed by atoms with E-state index in [9.17, 15) is 19.0 Å². The summed E-state index contributed by atoms with van der Waals surface area (Å²) in [5, 5.41) is 3.01. The number of esters is 1. The molecule has 0 aromatic carbocycles. The number of quaternary nitrogens is 1. The van der Waals surface area contributed by atoms with Gasteiger partial charge in [-0.15, -0.1) is 0 Å². The van der Waals surface area contributed by atoms with Crippen molar-refractivity contribution in [2.45, 2.75) is 219 Å². The molecule has 10 heteroatoms. The summed E-state index contributed by atoms with van der Waals surface area (Å²) in [7, 11) is 1.42. The maximum Gasteiger partial charge on any atom is 0.472 e. The number of phosphoric acid groups is 1. The monoisotopic (exact) mass is 1050 g/mol. The minimum atomic E-state index is -4.48. The quantitative estimate of drug-likeness (QED) is 0.0156. The molecule has 0 aromatic rings. The Bertz CT molecular complexity index is 1730. The summed E-state index contributed by atoms with van der Waals surface area (Å²) in [4.78, 5) is 37.6. The second kappa shape index (κ2) is 52.6. The number of phosphoric ester groups is 1. The zero-order chi connectivity index (χ0) is 54.3. The lowest BCUT2D eigenvalue weighted by molar-refractivity contribution is -0.870. The summed E-state index contributed by atoms with van der Waals surface area (Å²) >= 11 is 0. The molecule has 0 radical (unpaired) electrons. The lowest BCUT2D eigenvalue weighted by Gasteiger charge is -2.27. The second-order valence-electron chi connectivity index (χ2n) is 20.2. The summed E-state index contributed by atoms with van der Waals surface area (Å²) < 4.78 is 30.6. The molecule has 0 saturated heterocycles. The van der Waals surface area contributed by atoms with E-state index in [1.165, 1.54) is 77.0 Å². The number of rotatable bonds is 50. The molecule has 420 valence electrons. The van der Waals surface area contributed by atoms with Gasteiger partial charge >= 0.3 is 13.8 Å². The highest BCUT2D eigenvalue weighted by Crippen LogP contribution is 2.43. The van der Waals surface area contributed by atoms with Crippen LogP contribution < -0.4 is 5.32 Å². The average Bonchev–Trinajstić information content (AvgIpc) is 3.36. The van der Waals surface area contributed by atoms with Gasteiger partial charge in [0.1, 0.15) is 19.3 Å². The Morgan fingerprint density at radius 2 is 0.919 bits per heavy atom. The van der Waals surface area contributed by atoms with Gasteiger partial charge in [0, 0.05) is 12.8 Å². The Balaban J connectivity index is 5.50. The summed E-state index contributed by atoms with van der Waals surface area (Å²) in [6, 6.07) is -0.894. The van der Waals surface area contributed by atoms with E-state index in [1.807, 2.05) is 94.1 Å². The molecule has 9 nitrogen and oxygen atoms in total. The van der Waals surface area contributed by atoms with Crippen molar-refractivity contribution in [3.8, 4) is 0 Å². The average molecular weight is 1050 g/mol. The Labute approximate surface area is 454 Å². The van der Waals surface area contributed by atoms with Crippen LogP contribution in [0.15, 0.2) is 134 Å². The molecule has 0 aliphatic rings. The van der Waals surface area contributed by atoms with E-state index in [2.05, 4.69) is 86.8 Å². The lowest BCUT2D eigenvalue weighted by Crippen LogP contribution is -2.47. The molecule has 0 aliphatic carbocycles. The minimum absolute atomic E-state index is 0.0175. The standard InChI is InChI=1S/C64H107N2O7P/c1-7-10-13-16-19-22-25-28-30-32-33-35-37-39-42-45-48-51-54-57-64(68)73-62(55-52-49-46-43-40-27-24-21-18-15-12-9-3)61(60-72-74(69,70)71-59-58-66(4,5)6)65-63(67)56-53-50-47-44-41-38-36-34-31-29-26-23-20-17-14-11-8-2/h11,14,17,19-20,22-23,26,28-31,33-36,38-39,41-42,52,55,61-62H,7-10,12-13,15-16,18,21,24-25,27,32,37,40,43-51,53-54,56-60H2,1-6H3,(H-,65,67,69,70)/p+1/b14-11-,20-17+,22-19-,26-23+,30-28-,31-29-,35-33-,36-34+,41-38+,42-39-,55-52+. The van der Waals surface area contributed by atoms with Crippen molar-refractivity contribution in [1.82, 2.24) is 5.32 Å². The van der Waals surface area contributed by atoms with Gasteiger partial charge in [-0.2, -0.15) is 0 Å². The highest BCUT2D eigenvalue weighted by Gasteiger charge is 2.30. The van der Waals surface area contributed by atoms with Gasteiger partial charge in [-0.3, -0.25) is 18.6 Å². The molecular weight excluding hydrogens is 940 g/mol. The molecule has 0 aliphatic heterocycles. The van der Waals surface area contributed by atoms with Gasteiger partial charge in [-0.05, 0) is 96.0 Å². The third-order valence-corrected chi connectivity index (χ3v) is 13.0. The first kappa shape index (κ1) is 70.1. The predicted molar refractivity (Wildman–Crippen MR) is 318 cm³/mol. The summed E-state index contributed by atoms with van der Waals surface area (Å²) in [6.45, 7) is 6.75. The van der Waals surface area contributed by atoms with Gasteiger partial charge < -0.3 is 19.4 Å². The Morgan fingerprint density at radius 3 is 1.45 bits per heavy atom. The number of allylic oxidation sites excluding steroid dienone is 21. The number of ether oxygens (including phenoxy) is 1. The van der Waals surface area contributed by atoms with E-state index in [4.69, 9.17) is 13.8 Å². The van der Waals surface area contributed by atoms with Crippen molar-refractivity contribution in [3.63, 3.8) is 0 Å². The van der Waals surface area contributed by atoms with Crippen molar-refractivity contribution < 1.29 is 37.3 Å². The topological polar surface area (TPSA) is 111 Å². The Hall–Kier alpha value is -3.85. The number of likely N-dealkylation sites (N-methyl/N-ethyl adjacent to an activating group) is 1. The van der Waals surface area contributed by atoms with E-state index in [-0.39, 0.29) is 37.9 Å². The first-order valence-electron chi connectivity index (χ1n) is 29.1. The summed E-state index contributed by atoms with van der Waals surface area (Å²) in [5.74, 6) is -0.605. The molecule has 74 heavy (non-hydrogen) atoms. The van der Waals surface area contributed by atoms with Gasteiger partial charge in [0.2, 0.25) is 5.91 Å². The zero-order valence-electron chi connectivity index (χ0n) is 47.8. The van der Waals surface area contributed by atoms with Crippen LogP contribution in [-0.4, -0.2) is 74.3 Å². The predicted octanol–water partition coefficient (Wildman–Crippen LogP) is 17.7. The van der Waals surface area contributed by atoms with Crippen LogP contribution in [0.1, 0.15) is 207 Å². The normalized spacial score (nSPS) is 14.7. The molecule has 0 fully saturated rings. The van der Waals surface area contributed by atoms with Crippen molar-refractivity contribution in [2.75, 3.05) is 40.9 Å². The highest BCUT2D eigenvalue weighted by atomic mass is 31.2. The van der Waals surface area contributed by atoms with Crippen LogP contribution in [0.4, 0.5) is 0 Å². The van der Waals surface area contributed by atoms with Crippen molar-refractivity contribution in [2.24, 2.45) is 0 Å². The number of hydrogen-bond donors (Lipinski definition) is 2. The van der Waals surface area contributed by atoms with E-state index >= 15 is 0 Å². The van der Waals surface area contributed by atoms with Crippen LogP contribution in [-0.2, 0) is 27.9 Å². The zero-order valence-corrected chi connectivity index (χ0v) is 48.7. The number of carbonyl (C=O) groups excluding carboxylic acids is 2. The fourth-order valence-electron chi connectivity index (χ4n) is 7.48. The first-order chi connectivity index (χ1) is 35.9. The molecular formula is C64H108N2O7P+. The SMILES string of the molecule is CC\C=C/C=C/C=C/C=C\C=C\C=C\CCCCCC(=O)NC(COP(=O)(O)OCC[N+](C)(C)C)C(/C=C/CCCCCCCCCCCC)OC(=O)CCCCC/C=C\C/C=C\C/C=C\C/C=C\CCCCC. The third-order valence-electron chi connectivity index (χ3n) is 12.0. The Morgan fingerprint density at radius 1 is 0.500 bits per heavy atom.